The fraction of sp³-hybridized carbons (Fsp3) is 0.273. The Morgan fingerprint density at radius 2 is 2.00 bits per heavy atom. The van der Waals surface area contributed by atoms with E-state index in [1.54, 1.807) is 7.11 Å². The Hall–Kier alpha value is -1.24. The summed E-state index contributed by atoms with van der Waals surface area (Å²) in [5, 5.41) is 0. The number of methoxy groups -OCH3 is 1. The summed E-state index contributed by atoms with van der Waals surface area (Å²) in [6.45, 7) is 2.19. The highest BCUT2D eigenvalue weighted by molar-refractivity contribution is 5.69. The zero-order valence-corrected chi connectivity index (χ0v) is 7.37. The molecular weight excluding hydrogens is 148 g/mol. The van der Waals surface area contributed by atoms with Gasteiger partial charge in [0.1, 0.15) is 5.76 Å². The van der Waals surface area contributed by atoms with Gasteiger partial charge in [0.05, 0.1) is 7.11 Å². The Morgan fingerprint density at radius 3 is 2.75 bits per heavy atom. The zero-order valence-electron chi connectivity index (χ0n) is 7.37. The topological polar surface area (TPSA) is 9.23 Å². The maximum atomic E-state index is 5.27. The van der Waals surface area contributed by atoms with Crippen molar-refractivity contribution in [3.63, 3.8) is 0 Å². The molecule has 1 aromatic carbocycles. The highest BCUT2D eigenvalue weighted by Crippen LogP contribution is 2.35. The Balaban J connectivity index is 2.53. The van der Waals surface area contributed by atoms with Crippen LogP contribution < -0.4 is 0 Å². The number of allylic oxidation sites excluding steroid dienone is 1. The van der Waals surface area contributed by atoms with Crippen molar-refractivity contribution in [1.29, 1.82) is 0 Å². The van der Waals surface area contributed by atoms with Gasteiger partial charge in [0.2, 0.25) is 0 Å². The third-order valence-electron chi connectivity index (χ3n) is 2.34. The van der Waals surface area contributed by atoms with Crippen molar-refractivity contribution in [3.05, 3.63) is 41.5 Å². The van der Waals surface area contributed by atoms with E-state index >= 15 is 0 Å². The third-order valence-corrected chi connectivity index (χ3v) is 2.34. The van der Waals surface area contributed by atoms with Crippen molar-refractivity contribution in [2.75, 3.05) is 7.11 Å². The number of ether oxygens (including phenoxy) is 1. The molecule has 0 spiro atoms. The molecular formula is C11H12O. The molecule has 0 heterocycles. The maximum absolute atomic E-state index is 5.27. The Morgan fingerprint density at radius 1 is 1.25 bits per heavy atom. The molecule has 0 fully saturated rings. The monoisotopic (exact) mass is 160 g/mol. The molecule has 2 rings (SSSR count). The van der Waals surface area contributed by atoms with Crippen molar-refractivity contribution in [2.45, 2.75) is 12.8 Å². The lowest BCUT2D eigenvalue weighted by molar-refractivity contribution is 0.370. The van der Waals surface area contributed by atoms with E-state index in [1.165, 1.54) is 11.1 Å². The van der Waals surface area contributed by atoms with E-state index in [-0.39, 0.29) is 0 Å². The lowest BCUT2D eigenvalue weighted by atomic mass is 10.0. The van der Waals surface area contributed by atoms with Gasteiger partial charge >= 0.3 is 0 Å². The minimum Gasteiger partial charge on any atom is -0.496 e. The second-order valence-corrected chi connectivity index (χ2v) is 3.11. The van der Waals surface area contributed by atoms with Crippen LogP contribution in [-0.4, -0.2) is 7.11 Å². The summed E-state index contributed by atoms with van der Waals surface area (Å²) in [6.07, 6.45) is 2.16. The molecule has 0 aromatic heterocycles. The Labute approximate surface area is 72.7 Å². The van der Waals surface area contributed by atoms with Crippen LogP contribution in [0.15, 0.2) is 30.3 Å². The fourth-order valence-corrected chi connectivity index (χ4v) is 1.70. The van der Waals surface area contributed by atoms with Crippen molar-refractivity contribution in [1.82, 2.24) is 0 Å². The average Bonchev–Trinajstić information content (AvgIpc) is 2.44. The first kappa shape index (κ1) is 7.41. The summed E-state index contributed by atoms with van der Waals surface area (Å²) in [7, 11) is 1.72. The molecule has 0 radical (unpaired) electrons. The molecule has 1 aliphatic carbocycles. The molecule has 1 heteroatoms. The van der Waals surface area contributed by atoms with Crippen LogP contribution in [0.3, 0.4) is 0 Å². The van der Waals surface area contributed by atoms with E-state index in [0.717, 1.165) is 5.76 Å². The van der Waals surface area contributed by atoms with E-state index in [1.807, 2.05) is 6.07 Å². The fourth-order valence-electron chi connectivity index (χ4n) is 1.70. The molecule has 12 heavy (non-hydrogen) atoms. The van der Waals surface area contributed by atoms with Gasteiger partial charge in [-0.25, -0.2) is 0 Å². The largest absolute Gasteiger partial charge is 0.496 e. The van der Waals surface area contributed by atoms with Crippen LogP contribution in [0, 0.1) is 0 Å². The number of benzene rings is 1. The molecule has 1 atom stereocenters. The Kier molecular flexibility index (Phi) is 1.65. The second-order valence-electron chi connectivity index (χ2n) is 3.11. The van der Waals surface area contributed by atoms with E-state index < -0.39 is 0 Å². The summed E-state index contributed by atoms with van der Waals surface area (Å²) in [5.41, 5.74) is 2.61. The summed E-state index contributed by atoms with van der Waals surface area (Å²) in [4.78, 5) is 0. The molecule has 1 unspecified atom stereocenters. The molecule has 0 aliphatic heterocycles. The quantitative estimate of drug-likeness (QED) is 0.613. The number of rotatable bonds is 1. The predicted octanol–water partition coefficient (Wildman–Crippen LogP) is 2.79. The first-order valence-electron chi connectivity index (χ1n) is 4.18. The van der Waals surface area contributed by atoms with Gasteiger partial charge in [-0.15, -0.1) is 0 Å². The normalized spacial score (nSPS) is 20.2. The zero-order chi connectivity index (χ0) is 8.55. The predicted molar refractivity (Wildman–Crippen MR) is 49.8 cm³/mol. The van der Waals surface area contributed by atoms with Gasteiger partial charge in [-0.2, -0.15) is 0 Å². The summed E-state index contributed by atoms with van der Waals surface area (Å²) in [6, 6.07) is 8.38. The minimum atomic E-state index is 0.496. The maximum Gasteiger partial charge on any atom is 0.123 e. The van der Waals surface area contributed by atoms with Crippen LogP contribution in [0.4, 0.5) is 0 Å². The van der Waals surface area contributed by atoms with Crippen LogP contribution in [0.25, 0.3) is 5.76 Å². The van der Waals surface area contributed by atoms with Crippen molar-refractivity contribution in [3.8, 4) is 0 Å². The molecule has 0 N–H and O–H groups in total. The van der Waals surface area contributed by atoms with Gasteiger partial charge in [-0.1, -0.05) is 31.2 Å². The highest BCUT2D eigenvalue weighted by Gasteiger charge is 2.19. The van der Waals surface area contributed by atoms with Gasteiger partial charge in [-0.05, 0) is 11.6 Å². The van der Waals surface area contributed by atoms with Crippen LogP contribution in [-0.2, 0) is 4.74 Å². The number of fused-ring (bicyclic) bond motifs is 1. The van der Waals surface area contributed by atoms with Crippen LogP contribution in [0.5, 0.6) is 0 Å². The Bertz CT molecular complexity index is 326. The standard InChI is InChI=1S/C11H12O/c1-8-7-11(12-2)10-6-4-3-5-9(8)10/h3-8H,1-2H3. The summed E-state index contributed by atoms with van der Waals surface area (Å²) >= 11 is 0. The van der Waals surface area contributed by atoms with Crippen LogP contribution in [0.2, 0.25) is 0 Å². The van der Waals surface area contributed by atoms with Gasteiger partial charge < -0.3 is 4.74 Å². The lowest BCUT2D eigenvalue weighted by Crippen LogP contribution is -1.86. The van der Waals surface area contributed by atoms with Gasteiger partial charge in [-0.3, -0.25) is 0 Å². The van der Waals surface area contributed by atoms with E-state index in [2.05, 4.69) is 31.2 Å². The first-order valence-corrected chi connectivity index (χ1v) is 4.18. The van der Waals surface area contributed by atoms with Crippen molar-refractivity contribution >= 4 is 5.76 Å². The highest BCUT2D eigenvalue weighted by atomic mass is 16.5. The van der Waals surface area contributed by atoms with Gasteiger partial charge in [0.15, 0.2) is 0 Å². The van der Waals surface area contributed by atoms with Crippen LogP contribution in [0.1, 0.15) is 24.0 Å². The SMILES string of the molecule is COC1=CC(C)c2ccccc21. The number of hydrogen-bond donors (Lipinski definition) is 0. The van der Waals surface area contributed by atoms with E-state index in [9.17, 15) is 0 Å². The molecule has 0 amide bonds. The third kappa shape index (κ3) is 0.934. The number of hydrogen-bond acceptors (Lipinski definition) is 1. The average molecular weight is 160 g/mol. The molecule has 1 aliphatic rings. The van der Waals surface area contributed by atoms with E-state index in [0.29, 0.717) is 5.92 Å². The van der Waals surface area contributed by atoms with E-state index in [4.69, 9.17) is 4.74 Å². The minimum absolute atomic E-state index is 0.496. The van der Waals surface area contributed by atoms with Gasteiger partial charge in [0, 0.05) is 11.5 Å². The smallest absolute Gasteiger partial charge is 0.123 e. The summed E-state index contributed by atoms with van der Waals surface area (Å²) < 4.78 is 5.27. The molecule has 1 nitrogen and oxygen atoms in total. The molecule has 0 saturated carbocycles. The van der Waals surface area contributed by atoms with Crippen LogP contribution >= 0.6 is 0 Å². The molecule has 0 saturated heterocycles. The lowest BCUT2D eigenvalue weighted by Gasteiger charge is -2.03. The molecule has 62 valence electrons. The molecule has 1 aromatic rings. The van der Waals surface area contributed by atoms with Crippen molar-refractivity contribution in [2.24, 2.45) is 0 Å². The summed E-state index contributed by atoms with van der Waals surface area (Å²) in [5.74, 6) is 1.51. The molecule has 0 bridgehead atoms. The first-order chi connectivity index (χ1) is 5.83. The van der Waals surface area contributed by atoms with Crippen molar-refractivity contribution < 1.29 is 4.74 Å². The second kappa shape index (κ2) is 2.67. The van der Waals surface area contributed by atoms with Gasteiger partial charge in [0.25, 0.3) is 0 Å².